The molecule has 0 saturated heterocycles. The van der Waals surface area contributed by atoms with Gasteiger partial charge in [-0.3, -0.25) is 4.57 Å². The van der Waals surface area contributed by atoms with Crippen LogP contribution in [0.3, 0.4) is 0 Å². The molecule has 0 amide bonds. The number of rotatable bonds is 2. The summed E-state index contributed by atoms with van der Waals surface area (Å²) in [5.41, 5.74) is 2.74. The molecule has 0 N–H and O–H groups in total. The molecule has 0 radical (unpaired) electrons. The maximum atomic E-state index is 12.5. The SMILES string of the molecule is Cc1cc(C)c2nc(-c3ccc(Br)n3-c3ncccn3)oc(=O)c2c1. The van der Waals surface area contributed by atoms with Crippen LogP contribution < -0.4 is 5.63 Å². The van der Waals surface area contributed by atoms with E-state index in [2.05, 4.69) is 30.9 Å². The zero-order valence-electron chi connectivity index (χ0n) is 13.5. The Morgan fingerprint density at radius 3 is 2.64 bits per heavy atom. The Morgan fingerprint density at radius 1 is 1.12 bits per heavy atom. The van der Waals surface area contributed by atoms with Crippen LogP contribution in [-0.2, 0) is 0 Å². The van der Waals surface area contributed by atoms with Gasteiger partial charge in [-0.1, -0.05) is 6.07 Å². The van der Waals surface area contributed by atoms with Crippen LogP contribution in [0.5, 0.6) is 0 Å². The number of hydrogen-bond acceptors (Lipinski definition) is 5. The standard InChI is InChI=1S/C18H13BrN4O2/c1-10-8-11(2)15-12(9-10)17(24)25-16(22-15)13-4-5-14(19)23(13)18-20-6-3-7-21-18/h3-9H,1-2H3. The third-order valence-corrected chi connectivity index (χ3v) is 4.49. The van der Waals surface area contributed by atoms with E-state index in [-0.39, 0.29) is 5.89 Å². The van der Waals surface area contributed by atoms with Crippen molar-refractivity contribution in [3.05, 3.63) is 68.9 Å². The molecular formula is C18H13BrN4O2. The Bertz CT molecular complexity index is 1150. The van der Waals surface area contributed by atoms with E-state index in [4.69, 9.17) is 4.42 Å². The van der Waals surface area contributed by atoms with Gasteiger partial charge in [0.05, 0.1) is 15.5 Å². The molecule has 4 aromatic rings. The molecule has 4 rings (SSSR count). The number of aryl methyl sites for hydroxylation is 2. The van der Waals surface area contributed by atoms with Crippen molar-refractivity contribution in [3.63, 3.8) is 0 Å². The minimum absolute atomic E-state index is 0.225. The highest BCUT2D eigenvalue weighted by Crippen LogP contribution is 2.28. The van der Waals surface area contributed by atoms with Crippen molar-refractivity contribution in [3.8, 4) is 17.5 Å². The van der Waals surface area contributed by atoms with Gasteiger partial charge < -0.3 is 4.42 Å². The van der Waals surface area contributed by atoms with Crippen LogP contribution >= 0.6 is 15.9 Å². The fourth-order valence-corrected chi connectivity index (χ4v) is 3.31. The summed E-state index contributed by atoms with van der Waals surface area (Å²) < 4.78 is 7.97. The van der Waals surface area contributed by atoms with Gasteiger partial charge in [-0.15, -0.1) is 0 Å². The zero-order valence-corrected chi connectivity index (χ0v) is 15.1. The molecule has 3 heterocycles. The number of benzene rings is 1. The predicted molar refractivity (Wildman–Crippen MR) is 97.8 cm³/mol. The number of aromatic nitrogens is 4. The first-order valence-electron chi connectivity index (χ1n) is 7.62. The van der Waals surface area contributed by atoms with Crippen LogP contribution in [0.25, 0.3) is 28.4 Å². The molecule has 0 aliphatic carbocycles. The second kappa shape index (κ2) is 5.93. The topological polar surface area (TPSA) is 73.8 Å². The van der Waals surface area contributed by atoms with E-state index in [1.807, 2.05) is 26.0 Å². The normalized spacial score (nSPS) is 11.2. The van der Waals surface area contributed by atoms with Crippen molar-refractivity contribution in [2.24, 2.45) is 0 Å². The van der Waals surface area contributed by atoms with Gasteiger partial charge in [0.2, 0.25) is 11.8 Å². The van der Waals surface area contributed by atoms with Crippen molar-refractivity contribution < 1.29 is 4.42 Å². The van der Waals surface area contributed by atoms with Crippen LogP contribution in [0.1, 0.15) is 11.1 Å². The third-order valence-electron chi connectivity index (χ3n) is 3.87. The lowest BCUT2D eigenvalue weighted by atomic mass is 10.1. The molecule has 6 nitrogen and oxygen atoms in total. The molecule has 0 bridgehead atoms. The number of hydrogen-bond donors (Lipinski definition) is 0. The molecule has 25 heavy (non-hydrogen) atoms. The van der Waals surface area contributed by atoms with Crippen LogP contribution in [0.2, 0.25) is 0 Å². The lowest BCUT2D eigenvalue weighted by molar-refractivity contribution is 0.514. The average Bonchev–Trinajstić information content (AvgIpc) is 2.98. The van der Waals surface area contributed by atoms with Gasteiger partial charge in [-0.2, -0.15) is 0 Å². The fourth-order valence-electron chi connectivity index (χ4n) is 2.83. The summed E-state index contributed by atoms with van der Waals surface area (Å²) in [6.45, 7) is 3.87. The summed E-state index contributed by atoms with van der Waals surface area (Å²) in [6.07, 6.45) is 3.30. The van der Waals surface area contributed by atoms with Gasteiger partial charge in [-0.05, 0) is 65.2 Å². The largest absolute Gasteiger partial charge is 0.401 e. The fraction of sp³-hybridized carbons (Fsp3) is 0.111. The van der Waals surface area contributed by atoms with E-state index in [0.717, 1.165) is 15.7 Å². The molecule has 0 aliphatic heterocycles. The second-order valence-electron chi connectivity index (χ2n) is 5.71. The van der Waals surface area contributed by atoms with Crippen molar-refractivity contribution in [1.29, 1.82) is 0 Å². The van der Waals surface area contributed by atoms with Crippen molar-refractivity contribution in [2.45, 2.75) is 13.8 Å². The first-order valence-corrected chi connectivity index (χ1v) is 8.41. The maximum Gasteiger partial charge on any atom is 0.347 e. The molecule has 0 saturated carbocycles. The van der Waals surface area contributed by atoms with Crippen LogP contribution in [0.15, 0.2) is 56.5 Å². The predicted octanol–water partition coefficient (Wildman–Crippen LogP) is 3.82. The van der Waals surface area contributed by atoms with Gasteiger partial charge in [0, 0.05) is 12.4 Å². The van der Waals surface area contributed by atoms with Crippen molar-refractivity contribution in [1.82, 2.24) is 19.5 Å². The Kier molecular flexibility index (Phi) is 3.73. The molecule has 0 atom stereocenters. The van der Waals surface area contributed by atoms with Gasteiger partial charge in [0.1, 0.15) is 5.69 Å². The minimum atomic E-state index is -0.412. The van der Waals surface area contributed by atoms with Crippen LogP contribution in [0, 0.1) is 13.8 Å². The summed E-state index contributed by atoms with van der Waals surface area (Å²) in [5.74, 6) is 0.683. The highest BCUT2D eigenvalue weighted by atomic mass is 79.9. The summed E-state index contributed by atoms with van der Waals surface area (Å²) in [7, 11) is 0. The van der Waals surface area contributed by atoms with Crippen molar-refractivity contribution >= 4 is 26.8 Å². The minimum Gasteiger partial charge on any atom is -0.401 e. The van der Waals surface area contributed by atoms with Crippen molar-refractivity contribution in [2.75, 3.05) is 0 Å². The Hall–Kier alpha value is -2.80. The van der Waals surface area contributed by atoms with E-state index in [9.17, 15) is 4.79 Å². The lowest BCUT2D eigenvalue weighted by Crippen LogP contribution is -2.08. The highest BCUT2D eigenvalue weighted by Gasteiger charge is 2.18. The number of fused-ring (bicyclic) bond motifs is 1. The van der Waals surface area contributed by atoms with Gasteiger partial charge in [0.15, 0.2) is 0 Å². The monoisotopic (exact) mass is 396 g/mol. The maximum absolute atomic E-state index is 12.5. The Labute approximate surface area is 151 Å². The molecule has 1 aromatic carbocycles. The molecule has 124 valence electrons. The smallest absolute Gasteiger partial charge is 0.347 e. The van der Waals surface area contributed by atoms with Gasteiger partial charge in [0.25, 0.3) is 0 Å². The molecule has 3 aromatic heterocycles. The summed E-state index contributed by atoms with van der Waals surface area (Å²) >= 11 is 3.48. The van der Waals surface area contributed by atoms with Gasteiger partial charge in [-0.25, -0.2) is 19.7 Å². The Morgan fingerprint density at radius 2 is 1.88 bits per heavy atom. The van der Waals surface area contributed by atoms with E-state index >= 15 is 0 Å². The number of nitrogens with zero attached hydrogens (tertiary/aromatic N) is 4. The molecule has 7 heteroatoms. The summed E-state index contributed by atoms with van der Waals surface area (Å²) in [5, 5.41) is 0.481. The lowest BCUT2D eigenvalue weighted by Gasteiger charge is -2.09. The van der Waals surface area contributed by atoms with Crippen LogP contribution in [0.4, 0.5) is 0 Å². The van der Waals surface area contributed by atoms with E-state index in [1.165, 1.54) is 0 Å². The molecule has 0 fully saturated rings. The Balaban J connectivity index is 2.00. The number of halogens is 1. The third kappa shape index (κ3) is 2.66. The average molecular weight is 397 g/mol. The molecule has 0 aliphatic rings. The second-order valence-corrected chi connectivity index (χ2v) is 6.52. The van der Waals surface area contributed by atoms with E-state index < -0.39 is 5.63 Å². The van der Waals surface area contributed by atoms with Crippen LogP contribution in [-0.4, -0.2) is 19.5 Å². The first-order chi connectivity index (χ1) is 12.0. The first kappa shape index (κ1) is 15.7. The van der Waals surface area contributed by atoms with E-state index in [1.54, 1.807) is 35.2 Å². The van der Waals surface area contributed by atoms with Gasteiger partial charge >= 0.3 is 5.63 Å². The quantitative estimate of drug-likeness (QED) is 0.514. The van der Waals surface area contributed by atoms with E-state index in [0.29, 0.717) is 22.5 Å². The molecule has 0 unspecified atom stereocenters. The highest BCUT2D eigenvalue weighted by molar-refractivity contribution is 9.10. The molecule has 0 spiro atoms. The zero-order chi connectivity index (χ0) is 17.6. The molecular weight excluding hydrogens is 384 g/mol. The summed E-state index contributed by atoms with van der Waals surface area (Å²) in [6, 6.07) is 9.16. The summed E-state index contributed by atoms with van der Waals surface area (Å²) in [4.78, 5) is 25.6.